The molecule has 31 heavy (non-hydrogen) atoms. The average molecular weight is 421 g/mol. The van der Waals surface area contributed by atoms with Gasteiger partial charge in [-0.1, -0.05) is 65.9 Å². The Balaban J connectivity index is 1.36. The molecule has 0 aliphatic heterocycles. The Kier molecular flexibility index (Phi) is 6.64. The second-order valence-corrected chi connectivity index (χ2v) is 6.94. The molecule has 4 aromatic rings. The maximum absolute atomic E-state index is 14.6. The number of aromatic nitrogens is 3. The minimum absolute atomic E-state index is 0.0287. The smallest absolute Gasteiger partial charge is 0.165 e. The maximum Gasteiger partial charge on any atom is 0.165 e. The van der Waals surface area contributed by atoms with E-state index in [2.05, 4.69) is 10.3 Å². The molecule has 1 heterocycles. The highest BCUT2D eigenvalue weighted by atomic mass is 19.1. The molecule has 0 unspecified atom stereocenters. The predicted molar refractivity (Wildman–Crippen MR) is 112 cm³/mol. The van der Waals surface area contributed by atoms with E-state index in [1.807, 2.05) is 60.7 Å². The first-order valence-corrected chi connectivity index (χ1v) is 9.87. The molecule has 0 radical (unpaired) electrons. The first-order valence-electron chi connectivity index (χ1n) is 9.87. The summed E-state index contributed by atoms with van der Waals surface area (Å²) in [5, 5.41) is 7.93. The lowest BCUT2D eigenvalue weighted by Crippen LogP contribution is -2.06. The molecule has 3 aromatic carbocycles. The molecule has 0 saturated carbocycles. The highest BCUT2D eigenvalue weighted by Crippen LogP contribution is 2.28. The van der Waals surface area contributed by atoms with Crippen LogP contribution in [0.3, 0.4) is 0 Å². The Hall–Kier alpha value is -3.58. The van der Waals surface area contributed by atoms with Crippen molar-refractivity contribution >= 4 is 0 Å². The van der Waals surface area contributed by atoms with E-state index in [0.717, 1.165) is 23.3 Å². The van der Waals surface area contributed by atoms with Crippen molar-refractivity contribution < 1.29 is 18.3 Å². The van der Waals surface area contributed by atoms with E-state index in [1.165, 1.54) is 4.68 Å². The van der Waals surface area contributed by atoms with Crippen molar-refractivity contribution in [3.05, 3.63) is 102 Å². The van der Waals surface area contributed by atoms with Crippen molar-refractivity contribution in [2.45, 2.75) is 19.8 Å². The maximum atomic E-state index is 14.6. The Labute approximate surface area is 178 Å². The van der Waals surface area contributed by atoms with Gasteiger partial charge in [0.2, 0.25) is 0 Å². The van der Waals surface area contributed by atoms with Crippen molar-refractivity contribution in [2.24, 2.45) is 0 Å². The number of hydrogen-bond donors (Lipinski definition) is 0. The summed E-state index contributed by atoms with van der Waals surface area (Å²) >= 11 is 0. The Morgan fingerprint density at radius 3 is 2.19 bits per heavy atom. The predicted octanol–water partition coefficient (Wildman–Crippen LogP) is 5.02. The second-order valence-electron chi connectivity index (χ2n) is 6.94. The van der Waals surface area contributed by atoms with Gasteiger partial charge in [0.25, 0.3) is 0 Å². The van der Waals surface area contributed by atoms with Crippen LogP contribution in [0.15, 0.2) is 79.0 Å². The van der Waals surface area contributed by atoms with E-state index in [-0.39, 0.29) is 23.6 Å². The zero-order valence-corrected chi connectivity index (χ0v) is 16.7. The number of halogens is 2. The Morgan fingerprint density at radius 2 is 1.48 bits per heavy atom. The molecule has 0 aliphatic rings. The summed E-state index contributed by atoms with van der Waals surface area (Å²) in [5.41, 5.74) is 2.22. The quantitative estimate of drug-likeness (QED) is 0.356. The molecule has 0 bridgehead atoms. The van der Waals surface area contributed by atoms with Gasteiger partial charge in [0.1, 0.15) is 18.1 Å². The molecular weight excluding hydrogens is 400 g/mol. The van der Waals surface area contributed by atoms with Crippen molar-refractivity contribution in [3.63, 3.8) is 0 Å². The Bertz CT molecular complexity index is 1120. The fourth-order valence-electron chi connectivity index (χ4n) is 3.02. The van der Waals surface area contributed by atoms with Crippen LogP contribution in [-0.2, 0) is 24.5 Å². The fourth-order valence-corrected chi connectivity index (χ4v) is 3.02. The third-order valence-corrected chi connectivity index (χ3v) is 4.65. The third kappa shape index (κ3) is 5.52. The number of nitrogens with zero attached hydrogens (tertiary/aromatic N) is 3. The van der Waals surface area contributed by atoms with E-state index in [1.54, 1.807) is 6.20 Å². The van der Waals surface area contributed by atoms with Crippen LogP contribution in [0, 0.1) is 11.6 Å². The summed E-state index contributed by atoms with van der Waals surface area (Å²) in [6.07, 6.45) is 1.56. The number of rotatable bonds is 9. The summed E-state index contributed by atoms with van der Waals surface area (Å²) in [6.45, 7) is 1.51. The molecule has 0 saturated heterocycles. The fraction of sp³-hybridized carbons (Fsp3) is 0.167. The summed E-state index contributed by atoms with van der Waals surface area (Å²) in [5.74, 6) is -1.43. The number of benzene rings is 3. The van der Waals surface area contributed by atoms with Gasteiger partial charge in [-0.05, 0) is 17.2 Å². The molecule has 1 aromatic heterocycles. The average Bonchev–Trinajstić information content (AvgIpc) is 3.27. The summed E-state index contributed by atoms with van der Waals surface area (Å²) < 4.78 is 41.7. The van der Waals surface area contributed by atoms with Crippen molar-refractivity contribution in [1.82, 2.24) is 15.0 Å². The number of hydrogen-bond acceptors (Lipinski definition) is 4. The van der Waals surface area contributed by atoms with E-state index in [4.69, 9.17) is 9.47 Å². The van der Waals surface area contributed by atoms with Crippen LogP contribution >= 0.6 is 0 Å². The van der Waals surface area contributed by atoms with Crippen LogP contribution in [0.1, 0.15) is 11.1 Å². The molecule has 7 heteroatoms. The van der Waals surface area contributed by atoms with Crippen LogP contribution in [0.25, 0.3) is 11.3 Å². The van der Waals surface area contributed by atoms with Gasteiger partial charge in [-0.25, -0.2) is 13.5 Å². The van der Waals surface area contributed by atoms with Gasteiger partial charge in [-0.3, -0.25) is 0 Å². The minimum atomic E-state index is -0.659. The molecule has 0 aliphatic carbocycles. The van der Waals surface area contributed by atoms with Crippen LogP contribution in [-0.4, -0.2) is 21.6 Å². The molecule has 0 fully saturated rings. The van der Waals surface area contributed by atoms with Crippen molar-refractivity contribution in [2.75, 3.05) is 6.61 Å². The van der Waals surface area contributed by atoms with Crippen LogP contribution in [0.5, 0.6) is 5.75 Å². The lowest BCUT2D eigenvalue weighted by Gasteiger charge is -2.09. The van der Waals surface area contributed by atoms with Crippen molar-refractivity contribution in [3.8, 4) is 17.0 Å². The molecule has 158 valence electrons. The van der Waals surface area contributed by atoms with E-state index < -0.39 is 11.6 Å². The lowest BCUT2D eigenvalue weighted by atomic mass is 10.1. The largest absolute Gasteiger partial charge is 0.486 e. The van der Waals surface area contributed by atoms with Gasteiger partial charge in [0, 0.05) is 11.6 Å². The zero-order valence-electron chi connectivity index (χ0n) is 16.7. The molecular formula is C24H21F2N3O2. The zero-order chi connectivity index (χ0) is 21.5. The van der Waals surface area contributed by atoms with Gasteiger partial charge < -0.3 is 9.47 Å². The van der Waals surface area contributed by atoms with E-state index >= 15 is 0 Å². The molecule has 0 spiro atoms. The molecule has 0 N–H and O–H groups in total. The molecule has 4 rings (SSSR count). The third-order valence-electron chi connectivity index (χ3n) is 4.65. The van der Waals surface area contributed by atoms with Crippen molar-refractivity contribution in [1.29, 1.82) is 0 Å². The summed E-state index contributed by atoms with van der Waals surface area (Å²) in [4.78, 5) is 0. The van der Waals surface area contributed by atoms with Gasteiger partial charge in [-0.2, -0.15) is 0 Å². The summed E-state index contributed by atoms with van der Waals surface area (Å²) in [7, 11) is 0. The first kappa shape index (κ1) is 20.7. The highest BCUT2D eigenvalue weighted by molar-refractivity contribution is 5.60. The standard InChI is InChI=1S/C24H21F2N3O2/c25-21-14-24(31-17-19-9-5-2-6-10-19)22(26)13-20(21)23-15-29(28-27-23)11-12-30-16-18-7-3-1-4-8-18/h1-10,13-15H,11-12,16-17H2. The van der Waals surface area contributed by atoms with E-state index in [0.29, 0.717) is 19.8 Å². The second kappa shape index (κ2) is 9.95. The molecule has 5 nitrogen and oxygen atoms in total. The normalized spacial score (nSPS) is 10.9. The van der Waals surface area contributed by atoms with Gasteiger partial charge in [0.05, 0.1) is 26.0 Å². The van der Waals surface area contributed by atoms with E-state index in [9.17, 15) is 8.78 Å². The monoisotopic (exact) mass is 421 g/mol. The minimum Gasteiger partial charge on any atom is -0.486 e. The van der Waals surface area contributed by atoms with Gasteiger partial charge in [-0.15, -0.1) is 5.10 Å². The van der Waals surface area contributed by atoms with Crippen LogP contribution < -0.4 is 4.74 Å². The van der Waals surface area contributed by atoms with Gasteiger partial charge >= 0.3 is 0 Å². The SMILES string of the molecule is Fc1cc(-c2cn(CCOCc3ccccc3)nn2)c(F)cc1OCc1ccccc1. The molecule has 0 atom stereocenters. The van der Waals surface area contributed by atoms with Gasteiger partial charge in [0.15, 0.2) is 11.6 Å². The summed E-state index contributed by atoms with van der Waals surface area (Å²) in [6, 6.07) is 21.2. The highest BCUT2D eigenvalue weighted by Gasteiger charge is 2.15. The first-order chi connectivity index (χ1) is 15.2. The topological polar surface area (TPSA) is 49.2 Å². The van der Waals surface area contributed by atoms with Crippen LogP contribution in [0.4, 0.5) is 8.78 Å². The Morgan fingerprint density at radius 1 is 0.806 bits per heavy atom. The lowest BCUT2D eigenvalue weighted by molar-refractivity contribution is 0.110. The number of ether oxygens (including phenoxy) is 2. The van der Waals surface area contributed by atoms with Crippen LogP contribution in [0.2, 0.25) is 0 Å². The molecule has 0 amide bonds.